The second kappa shape index (κ2) is 2.79. The SMILES string of the molecule is NC(N)(O)C(N)(CO)CO. The molecule has 0 aromatic carbocycles. The van der Waals surface area contributed by atoms with Crippen molar-refractivity contribution in [3.8, 4) is 0 Å². The molecule has 62 valence electrons. The fraction of sp³-hybridized carbons (Fsp3) is 1.00. The molecule has 0 unspecified atom stereocenters. The van der Waals surface area contributed by atoms with Gasteiger partial charge in [0, 0.05) is 0 Å². The number of aliphatic hydroxyl groups excluding tert-OH is 2. The Morgan fingerprint density at radius 3 is 1.30 bits per heavy atom. The van der Waals surface area contributed by atoms with Gasteiger partial charge in [-0.15, -0.1) is 0 Å². The first kappa shape index (κ1) is 9.76. The monoisotopic (exact) mass is 151 g/mol. The average molecular weight is 151 g/mol. The van der Waals surface area contributed by atoms with E-state index in [1.54, 1.807) is 0 Å². The number of aliphatic hydroxyl groups is 3. The molecule has 10 heavy (non-hydrogen) atoms. The molecule has 0 aliphatic heterocycles. The fourth-order valence-corrected chi connectivity index (χ4v) is 0.303. The first-order chi connectivity index (χ1) is 4.37. The molecule has 0 spiro atoms. The van der Waals surface area contributed by atoms with Crippen LogP contribution in [0.4, 0.5) is 0 Å². The topological polar surface area (TPSA) is 139 Å². The Hall–Kier alpha value is -0.240. The highest BCUT2D eigenvalue weighted by Gasteiger charge is 2.41. The van der Waals surface area contributed by atoms with Gasteiger partial charge in [0.15, 0.2) is 5.85 Å². The zero-order valence-electron chi connectivity index (χ0n) is 5.49. The third-order valence-corrected chi connectivity index (χ3v) is 1.36. The molecule has 0 aliphatic rings. The zero-order valence-corrected chi connectivity index (χ0v) is 5.49. The molecule has 0 atom stereocenters. The molecule has 0 aromatic heterocycles. The maximum atomic E-state index is 8.85. The van der Waals surface area contributed by atoms with Crippen LogP contribution in [-0.2, 0) is 0 Å². The second-order valence-electron chi connectivity index (χ2n) is 2.30. The van der Waals surface area contributed by atoms with Gasteiger partial charge in [0.1, 0.15) is 5.54 Å². The van der Waals surface area contributed by atoms with Crippen LogP contribution in [0.3, 0.4) is 0 Å². The van der Waals surface area contributed by atoms with E-state index in [4.69, 9.17) is 32.5 Å². The smallest absolute Gasteiger partial charge is 0.190 e. The average Bonchev–Trinajstić information content (AvgIpc) is 1.84. The van der Waals surface area contributed by atoms with Gasteiger partial charge in [-0.1, -0.05) is 0 Å². The van der Waals surface area contributed by atoms with Crippen LogP contribution in [0, 0.1) is 0 Å². The number of hydrogen-bond acceptors (Lipinski definition) is 6. The van der Waals surface area contributed by atoms with Crippen molar-refractivity contribution >= 4 is 0 Å². The van der Waals surface area contributed by atoms with Gasteiger partial charge < -0.3 is 21.1 Å². The van der Waals surface area contributed by atoms with Gasteiger partial charge in [0.2, 0.25) is 0 Å². The van der Waals surface area contributed by atoms with Crippen LogP contribution >= 0.6 is 0 Å². The summed E-state index contributed by atoms with van der Waals surface area (Å²) in [7, 11) is 0. The van der Waals surface area contributed by atoms with Crippen molar-refractivity contribution < 1.29 is 15.3 Å². The molecule has 0 heterocycles. The van der Waals surface area contributed by atoms with Gasteiger partial charge in [-0.2, -0.15) is 0 Å². The Morgan fingerprint density at radius 2 is 1.30 bits per heavy atom. The summed E-state index contributed by atoms with van der Waals surface area (Å²) in [5.41, 5.74) is 13.3. The maximum absolute atomic E-state index is 8.85. The third-order valence-electron chi connectivity index (χ3n) is 1.36. The van der Waals surface area contributed by atoms with E-state index in [1.807, 2.05) is 0 Å². The molecule has 9 N–H and O–H groups in total. The lowest BCUT2D eigenvalue weighted by molar-refractivity contribution is -0.0706. The van der Waals surface area contributed by atoms with E-state index in [-0.39, 0.29) is 0 Å². The molecule has 6 heteroatoms. The number of hydrogen-bond donors (Lipinski definition) is 6. The Balaban J connectivity index is 4.33. The molecule has 0 saturated heterocycles. The van der Waals surface area contributed by atoms with Gasteiger partial charge in [0.05, 0.1) is 13.2 Å². The van der Waals surface area contributed by atoms with E-state index in [0.717, 1.165) is 0 Å². The Morgan fingerprint density at radius 1 is 1.00 bits per heavy atom. The Kier molecular flexibility index (Phi) is 2.72. The van der Waals surface area contributed by atoms with Crippen LogP contribution < -0.4 is 17.2 Å². The lowest BCUT2D eigenvalue weighted by atomic mass is 9.97. The molecule has 0 saturated carbocycles. The molecule has 0 amide bonds. The van der Waals surface area contributed by atoms with Gasteiger partial charge >= 0.3 is 0 Å². The minimum atomic E-state index is -2.27. The van der Waals surface area contributed by atoms with Gasteiger partial charge in [-0.25, -0.2) is 0 Å². The summed E-state index contributed by atoms with van der Waals surface area (Å²) in [6, 6.07) is 0. The van der Waals surface area contributed by atoms with Crippen LogP contribution in [0.25, 0.3) is 0 Å². The summed E-state index contributed by atoms with van der Waals surface area (Å²) < 4.78 is 0. The summed E-state index contributed by atoms with van der Waals surface area (Å²) in [6.07, 6.45) is 0. The van der Waals surface area contributed by atoms with E-state index in [2.05, 4.69) is 0 Å². The standard InChI is InChI=1S/C4H13N3O3/c5-3(1-8,2-9)4(6,7)10/h8-10H,1-2,5-7H2. The predicted octanol–water partition coefficient (Wildman–Crippen LogP) is -3.77. The van der Waals surface area contributed by atoms with Crippen molar-refractivity contribution in [3.05, 3.63) is 0 Å². The number of nitrogens with two attached hydrogens (primary N) is 3. The van der Waals surface area contributed by atoms with Crippen molar-refractivity contribution in [3.63, 3.8) is 0 Å². The zero-order chi connectivity index (χ0) is 8.41. The van der Waals surface area contributed by atoms with Crippen molar-refractivity contribution in [2.24, 2.45) is 17.2 Å². The predicted molar refractivity (Wildman–Crippen MR) is 34.4 cm³/mol. The fourth-order valence-electron chi connectivity index (χ4n) is 0.303. The molecular formula is C4H13N3O3. The highest BCUT2D eigenvalue weighted by molar-refractivity contribution is 4.95. The molecule has 0 radical (unpaired) electrons. The molecule has 0 aliphatic carbocycles. The quantitative estimate of drug-likeness (QED) is 0.229. The third kappa shape index (κ3) is 1.63. The van der Waals surface area contributed by atoms with Crippen LogP contribution in [0.2, 0.25) is 0 Å². The van der Waals surface area contributed by atoms with Crippen molar-refractivity contribution in [1.29, 1.82) is 0 Å². The lowest BCUT2D eigenvalue weighted by Crippen LogP contribution is -2.74. The first-order valence-electron chi connectivity index (χ1n) is 2.68. The highest BCUT2D eigenvalue weighted by atomic mass is 16.3. The van der Waals surface area contributed by atoms with Crippen molar-refractivity contribution in [2.75, 3.05) is 13.2 Å². The molecule has 0 aromatic rings. The van der Waals surface area contributed by atoms with E-state index < -0.39 is 24.6 Å². The summed E-state index contributed by atoms with van der Waals surface area (Å²) in [5, 5.41) is 25.9. The molecule has 0 fully saturated rings. The number of rotatable bonds is 3. The molecule has 0 bridgehead atoms. The van der Waals surface area contributed by atoms with Crippen LogP contribution in [-0.4, -0.2) is 39.9 Å². The Labute approximate surface area is 58.2 Å². The normalized spacial score (nSPS) is 13.8. The minimum Gasteiger partial charge on any atom is -0.394 e. The van der Waals surface area contributed by atoms with Crippen LogP contribution in [0.1, 0.15) is 0 Å². The van der Waals surface area contributed by atoms with Gasteiger partial charge in [0.25, 0.3) is 0 Å². The summed E-state index contributed by atoms with van der Waals surface area (Å²) in [4.78, 5) is 0. The summed E-state index contributed by atoms with van der Waals surface area (Å²) in [5.74, 6) is -2.27. The molecular weight excluding hydrogens is 138 g/mol. The minimum absolute atomic E-state index is 0.688. The molecule has 6 nitrogen and oxygen atoms in total. The van der Waals surface area contributed by atoms with Crippen LogP contribution in [0.15, 0.2) is 0 Å². The molecule has 0 rings (SSSR count). The highest BCUT2D eigenvalue weighted by Crippen LogP contribution is 2.06. The first-order valence-corrected chi connectivity index (χ1v) is 2.68. The van der Waals surface area contributed by atoms with Crippen molar-refractivity contribution in [1.82, 2.24) is 0 Å². The maximum Gasteiger partial charge on any atom is 0.190 e. The Bertz CT molecular complexity index is 107. The summed E-state index contributed by atoms with van der Waals surface area (Å²) >= 11 is 0. The van der Waals surface area contributed by atoms with E-state index in [0.29, 0.717) is 0 Å². The van der Waals surface area contributed by atoms with Crippen molar-refractivity contribution in [2.45, 2.75) is 11.4 Å². The van der Waals surface area contributed by atoms with E-state index >= 15 is 0 Å². The van der Waals surface area contributed by atoms with E-state index in [1.165, 1.54) is 0 Å². The van der Waals surface area contributed by atoms with Crippen LogP contribution in [0.5, 0.6) is 0 Å². The largest absolute Gasteiger partial charge is 0.394 e. The summed E-state index contributed by atoms with van der Waals surface area (Å²) in [6.45, 7) is -1.38. The van der Waals surface area contributed by atoms with Gasteiger partial charge in [-0.05, 0) is 0 Å². The second-order valence-corrected chi connectivity index (χ2v) is 2.30. The van der Waals surface area contributed by atoms with E-state index in [9.17, 15) is 0 Å². The van der Waals surface area contributed by atoms with Gasteiger partial charge in [-0.3, -0.25) is 11.5 Å². The lowest BCUT2D eigenvalue weighted by Gasteiger charge is -2.35.